The largest absolute Gasteiger partial charge is 0.508 e. The second-order valence-electron chi connectivity index (χ2n) is 10.7. The van der Waals surface area contributed by atoms with Crippen molar-refractivity contribution in [1.29, 1.82) is 0 Å². The summed E-state index contributed by atoms with van der Waals surface area (Å²) in [7, 11) is 0. The summed E-state index contributed by atoms with van der Waals surface area (Å²) in [6.07, 6.45) is -3.60. The van der Waals surface area contributed by atoms with Crippen LogP contribution in [0.1, 0.15) is 11.1 Å². The summed E-state index contributed by atoms with van der Waals surface area (Å²) in [6.45, 7) is -0.593. The van der Waals surface area contributed by atoms with Gasteiger partial charge in [0.1, 0.15) is 64.5 Å². The zero-order chi connectivity index (χ0) is 31.8. The number of hydrogen-bond acceptors (Lipinski definition) is 11. The summed E-state index contributed by atoms with van der Waals surface area (Å²) < 4.78 is 17.4. The van der Waals surface area contributed by atoms with Gasteiger partial charge in [-0.25, -0.2) is 0 Å². The Bertz CT molecular complexity index is 1820. The van der Waals surface area contributed by atoms with E-state index in [4.69, 9.17) is 13.9 Å². The minimum Gasteiger partial charge on any atom is -0.508 e. The Hall–Kier alpha value is -5.04. The average Bonchev–Trinajstić information content (AvgIpc) is 3.41. The van der Waals surface area contributed by atoms with Crippen molar-refractivity contribution in [3.05, 3.63) is 90.0 Å². The van der Waals surface area contributed by atoms with Crippen LogP contribution >= 0.6 is 0 Å². The monoisotopic (exact) mass is 614 g/mol. The van der Waals surface area contributed by atoms with Crippen LogP contribution in [0.5, 0.6) is 28.7 Å². The first kappa shape index (κ1) is 30.0. The summed E-state index contributed by atoms with van der Waals surface area (Å²) >= 11 is 0. The maximum atomic E-state index is 11.2. The normalized spacial score (nSPS) is 21.8. The van der Waals surface area contributed by atoms with Crippen LogP contribution in [0.15, 0.2) is 83.3 Å². The van der Waals surface area contributed by atoms with Gasteiger partial charge in [-0.1, -0.05) is 24.3 Å². The van der Waals surface area contributed by atoms with Crippen molar-refractivity contribution < 1.29 is 54.7 Å². The molecule has 8 N–H and O–H groups in total. The van der Waals surface area contributed by atoms with Crippen molar-refractivity contribution in [2.24, 2.45) is 0 Å². The van der Waals surface area contributed by atoms with E-state index in [9.17, 15) is 40.9 Å². The van der Waals surface area contributed by atoms with Gasteiger partial charge in [0.15, 0.2) is 0 Å². The highest BCUT2D eigenvalue weighted by Gasteiger charge is 2.44. The van der Waals surface area contributed by atoms with Gasteiger partial charge in [0, 0.05) is 17.2 Å². The minimum absolute atomic E-state index is 0.103. The first-order valence-electron chi connectivity index (χ1n) is 14.0. The number of benzene rings is 4. The lowest BCUT2D eigenvalue weighted by Crippen LogP contribution is -2.60. The van der Waals surface area contributed by atoms with Crippen LogP contribution in [-0.4, -0.2) is 78.2 Å². The Morgan fingerprint density at radius 1 is 0.667 bits per heavy atom. The van der Waals surface area contributed by atoms with Crippen LogP contribution in [0, 0.1) is 0 Å². The fourth-order valence-electron chi connectivity index (χ4n) is 5.30. The molecule has 0 spiro atoms. The van der Waals surface area contributed by atoms with Gasteiger partial charge >= 0.3 is 0 Å². The van der Waals surface area contributed by atoms with Crippen molar-refractivity contribution in [2.45, 2.75) is 30.7 Å². The summed E-state index contributed by atoms with van der Waals surface area (Å²) in [5, 5.41) is 81.4. The molecule has 1 aliphatic rings. The molecule has 6 rings (SSSR count). The molecule has 2 heterocycles. The van der Waals surface area contributed by atoms with Crippen LogP contribution < -0.4 is 4.74 Å². The third-order valence-electron chi connectivity index (χ3n) is 7.56. The Kier molecular flexibility index (Phi) is 8.11. The Morgan fingerprint density at radius 3 is 2.00 bits per heavy atom. The lowest BCUT2D eigenvalue weighted by Gasteiger charge is -2.39. The summed E-state index contributed by atoms with van der Waals surface area (Å²) in [5.74, 6) is 0.203. The number of phenols is 4. The second kappa shape index (κ2) is 12.2. The van der Waals surface area contributed by atoms with Gasteiger partial charge in [-0.2, -0.15) is 0 Å². The molecule has 0 saturated carbocycles. The van der Waals surface area contributed by atoms with Crippen LogP contribution in [0.2, 0.25) is 0 Å². The fraction of sp³-hybridized carbons (Fsp3) is 0.176. The number of ether oxygens (including phenoxy) is 2. The molecule has 11 heteroatoms. The zero-order valence-electron chi connectivity index (χ0n) is 23.6. The summed E-state index contributed by atoms with van der Waals surface area (Å²) in [5.41, 5.74) is 3.10. The number of phenolic OH excluding ortho intramolecular Hbond substituents is 4. The SMILES string of the molecule is OC[C@H]1O[C@@H](Oc2ccc(-c3oc4cc(C=Cc5ccc(O)cc5)cc(O)c4c3-c3cc(O)cc(O)c3)cc2)[C@H](O)[C@@H](O)[C@@H]1O. The Morgan fingerprint density at radius 2 is 1.33 bits per heavy atom. The van der Waals surface area contributed by atoms with Gasteiger partial charge in [0.05, 0.1) is 12.0 Å². The lowest BCUT2D eigenvalue weighted by atomic mass is 9.96. The number of rotatable bonds is 7. The van der Waals surface area contributed by atoms with Crippen molar-refractivity contribution in [1.82, 2.24) is 0 Å². The van der Waals surface area contributed by atoms with E-state index in [-0.39, 0.29) is 28.7 Å². The summed E-state index contributed by atoms with van der Waals surface area (Å²) in [6, 6.07) is 20.4. The van der Waals surface area contributed by atoms with E-state index >= 15 is 0 Å². The Labute approximate surface area is 256 Å². The van der Waals surface area contributed by atoms with E-state index in [0.717, 1.165) is 5.56 Å². The number of hydrogen-bond donors (Lipinski definition) is 8. The molecular weight excluding hydrogens is 584 g/mol. The van der Waals surface area contributed by atoms with E-state index in [1.807, 2.05) is 6.08 Å². The van der Waals surface area contributed by atoms with E-state index in [0.29, 0.717) is 39.0 Å². The minimum atomic E-state index is -1.59. The second-order valence-corrected chi connectivity index (χ2v) is 10.7. The number of aromatic hydroxyl groups is 4. The first-order valence-corrected chi connectivity index (χ1v) is 14.0. The van der Waals surface area contributed by atoms with Gasteiger partial charge < -0.3 is 54.7 Å². The number of fused-ring (bicyclic) bond motifs is 1. The van der Waals surface area contributed by atoms with E-state index in [1.165, 1.54) is 18.2 Å². The molecular formula is C34H30O11. The molecule has 232 valence electrons. The van der Waals surface area contributed by atoms with E-state index in [1.54, 1.807) is 66.7 Å². The summed E-state index contributed by atoms with van der Waals surface area (Å²) in [4.78, 5) is 0. The van der Waals surface area contributed by atoms with Crippen LogP contribution in [0.4, 0.5) is 0 Å². The molecule has 0 radical (unpaired) electrons. The average molecular weight is 615 g/mol. The first-order chi connectivity index (χ1) is 21.6. The maximum Gasteiger partial charge on any atom is 0.229 e. The molecule has 5 aromatic rings. The van der Waals surface area contributed by atoms with E-state index in [2.05, 4.69) is 0 Å². The number of aliphatic hydroxyl groups is 4. The van der Waals surface area contributed by atoms with Crippen molar-refractivity contribution in [3.63, 3.8) is 0 Å². The van der Waals surface area contributed by atoms with Crippen LogP contribution in [-0.2, 0) is 4.74 Å². The molecule has 45 heavy (non-hydrogen) atoms. The van der Waals surface area contributed by atoms with E-state index < -0.39 is 37.3 Å². The molecule has 5 atom stereocenters. The molecule has 1 fully saturated rings. The van der Waals surface area contributed by atoms with Gasteiger partial charge in [-0.3, -0.25) is 0 Å². The highest BCUT2D eigenvalue weighted by Crippen LogP contribution is 2.46. The standard InChI is InChI=1S/C34H30O11/c35-16-27-30(40)31(41)32(42)34(45-27)43-24-9-5-19(6-10-24)33-28(20-13-22(37)15-23(38)14-20)29-25(39)11-18(12-26(29)44-33)2-1-17-3-7-21(36)8-4-17/h1-15,27,30-32,34-42H,16H2/t27-,30-,31+,32-,34-/m1/s1. The number of furan rings is 1. The molecule has 11 nitrogen and oxygen atoms in total. The molecule has 1 aliphatic heterocycles. The van der Waals surface area contributed by atoms with Gasteiger partial charge in [-0.15, -0.1) is 0 Å². The topological polar surface area (TPSA) is 193 Å². The molecule has 4 aromatic carbocycles. The molecule has 1 aromatic heterocycles. The molecule has 1 saturated heterocycles. The van der Waals surface area contributed by atoms with Gasteiger partial charge in [-0.05, 0) is 77.4 Å². The number of aliphatic hydroxyl groups excluding tert-OH is 4. The quantitative estimate of drug-likeness (QED) is 0.124. The predicted molar refractivity (Wildman–Crippen MR) is 164 cm³/mol. The third kappa shape index (κ3) is 6.03. The van der Waals surface area contributed by atoms with Gasteiger partial charge in [0.25, 0.3) is 0 Å². The highest BCUT2D eigenvalue weighted by molar-refractivity contribution is 6.06. The molecule has 0 amide bonds. The van der Waals surface area contributed by atoms with Crippen molar-refractivity contribution in [3.8, 4) is 51.2 Å². The molecule has 0 unspecified atom stereocenters. The smallest absolute Gasteiger partial charge is 0.229 e. The predicted octanol–water partition coefficient (Wildman–Crippen LogP) is 3.94. The van der Waals surface area contributed by atoms with Crippen molar-refractivity contribution in [2.75, 3.05) is 6.61 Å². The lowest BCUT2D eigenvalue weighted by molar-refractivity contribution is -0.277. The highest BCUT2D eigenvalue weighted by atomic mass is 16.7. The van der Waals surface area contributed by atoms with Crippen LogP contribution in [0.25, 0.3) is 45.6 Å². The zero-order valence-corrected chi connectivity index (χ0v) is 23.6. The molecule has 0 bridgehead atoms. The third-order valence-corrected chi connectivity index (χ3v) is 7.56. The van der Waals surface area contributed by atoms with Crippen LogP contribution in [0.3, 0.4) is 0 Å². The van der Waals surface area contributed by atoms with Crippen molar-refractivity contribution >= 4 is 23.1 Å². The maximum absolute atomic E-state index is 11.2. The molecule has 0 aliphatic carbocycles. The Balaban J connectivity index is 1.38. The fourth-order valence-corrected chi connectivity index (χ4v) is 5.30. The van der Waals surface area contributed by atoms with Gasteiger partial charge in [0.2, 0.25) is 6.29 Å².